The van der Waals surface area contributed by atoms with Crippen molar-refractivity contribution in [3.05, 3.63) is 22.5 Å². The molecular formula is C12H22N4O5. The molecule has 1 heterocycles. The number of nitrogens with one attached hydrogen (secondary N) is 1. The van der Waals surface area contributed by atoms with Crippen molar-refractivity contribution in [3.63, 3.8) is 0 Å². The van der Waals surface area contributed by atoms with Crippen molar-refractivity contribution in [2.45, 2.75) is 19.1 Å². The fourth-order valence-corrected chi connectivity index (χ4v) is 1.64. The first-order chi connectivity index (χ1) is 10.1. The average Bonchev–Trinajstić information content (AvgIpc) is 2.90. The Labute approximate surface area is 123 Å². The molecule has 120 valence electrons. The van der Waals surface area contributed by atoms with E-state index in [9.17, 15) is 15.2 Å². The highest BCUT2D eigenvalue weighted by atomic mass is 16.6. The molecule has 0 aliphatic rings. The van der Waals surface area contributed by atoms with Crippen LogP contribution in [0, 0.1) is 10.1 Å². The quantitative estimate of drug-likeness (QED) is 0.312. The fraction of sp³-hybridized carbons (Fsp3) is 0.750. The first kappa shape index (κ1) is 17.5. The van der Waals surface area contributed by atoms with Crippen molar-refractivity contribution >= 4 is 5.69 Å². The second-order valence-corrected chi connectivity index (χ2v) is 4.49. The molecule has 0 aromatic carbocycles. The third kappa shape index (κ3) is 7.71. The summed E-state index contributed by atoms with van der Waals surface area (Å²) in [6.07, 6.45) is 2.65. The number of hydrogen-bond acceptors (Lipinski definition) is 7. The lowest BCUT2D eigenvalue weighted by Gasteiger charge is -2.11. The van der Waals surface area contributed by atoms with Gasteiger partial charge >= 0.3 is 5.69 Å². The number of ether oxygens (including phenoxy) is 2. The Balaban J connectivity index is 2.05. The normalized spacial score (nSPS) is 12.5. The smallest absolute Gasteiger partial charge is 0.306 e. The van der Waals surface area contributed by atoms with E-state index < -0.39 is 11.0 Å². The summed E-state index contributed by atoms with van der Waals surface area (Å²) < 4.78 is 11.5. The number of nitro groups is 1. The van der Waals surface area contributed by atoms with E-state index in [1.807, 2.05) is 0 Å². The van der Waals surface area contributed by atoms with Gasteiger partial charge in [0.1, 0.15) is 12.4 Å². The van der Waals surface area contributed by atoms with Gasteiger partial charge in [-0.2, -0.15) is 5.10 Å². The molecule has 0 aliphatic carbocycles. The van der Waals surface area contributed by atoms with Gasteiger partial charge in [-0.15, -0.1) is 0 Å². The molecule has 1 unspecified atom stereocenters. The summed E-state index contributed by atoms with van der Waals surface area (Å²) in [5.41, 5.74) is -0.0802. The van der Waals surface area contributed by atoms with Gasteiger partial charge in [-0.1, -0.05) is 0 Å². The zero-order valence-electron chi connectivity index (χ0n) is 12.1. The molecule has 0 radical (unpaired) electrons. The summed E-state index contributed by atoms with van der Waals surface area (Å²) >= 11 is 0. The lowest BCUT2D eigenvalue weighted by molar-refractivity contribution is -0.385. The van der Waals surface area contributed by atoms with Crippen LogP contribution in [0.1, 0.15) is 6.42 Å². The monoisotopic (exact) mass is 302 g/mol. The molecule has 2 N–H and O–H groups in total. The predicted molar refractivity (Wildman–Crippen MR) is 75.1 cm³/mol. The van der Waals surface area contributed by atoms with E-state index in [4.69, 9.17) is 9.47 Å². The highest BCUT2D eigenvalue weighted by Crippen LogP contribution is 2.07. The van der Waals surface area contributed by atoms with Gasteiger partial charge in [-0.25, -0.2) is 0 Å². The molecule has 1 rings (SSSR count). The van der Waals surface area contributed by atoms with Gasteiger partial charge < -0.3 is 19.9 Å². The number of nitrogens with zero attached hydrogens (tertiary/aromatic N) is 3. The number of rotatable bonds is 12. The molecule has 0 aliphatic heterocycles. The molecule has 0 bridgehead atoms. The van der Waals surface area contributed by atoms with E-state index in [-0.39, 0.29) is 12.2 Å². The molecule has 0 amide bonds. The van der Waals surface area contributed by atoms with Crippen LogP contribution in [-0.4, -0.2) is 65.9 Å². The zero-order chi connectivity index (χ0) is 15.5. The average molecular weight is 302 g/mol. The van der Waals surface area contributed by atoms with Crippen molar-refractivity contribution in [3.8, 4) is 0 Å². The van der Waals surface area contributed by atoms with E-state index in [0.717, 1.165) is 19.2 Å². The summed E-state index contributed by atoms with van der Waals surface area (Å²) in [6.45, 7) is 3.14. The van der Waals surface area contributed by atoms with Crippen LogP contribution in [0.3, 0.4) is 0 Å². The third-order valence-electron chi connectivity index (χ3n) is 2.68. The van der Waals surface area contributed by atoms with Gasteiger partial charge in [0.15, 0.2) is 0 Å². The molecule has 1 atom stereocenters. The maximum atomic E-state index is 10.5. The van der Waals surface area contributed by atoms with Gasteiger partial charge in [0.05, 0.1) is 30.8 Å². The van der Waals surface area contributed by atoms with Crippen molar-refractivity contribution in [1.82, 2.24) is 15.1 Å². The van der Waals surface area contributed by atoms with Crippen molar-refractivity contribution in [2.75, 3.05) is 40.0 Å². The maximum absolute atomic E-state index is 10.5. The molecule has 1 aromatic heterocycles. The van der Waals surface area contributed by atoms with Crippen molar-refractivity contribution in [1.29, 1.82) is 0 Å². The van der Waals surface area contributed by atoms with Gasteiger partial charge in [-0.05, 0) is 13.0 Å². The number of aliphatic hydroxyl groups is 1. The van der Waals surface area contributed by atoms with Gasteiger partial charge in [0.25, 0.3) is 0 Å². The Morgan fingerprint density at radius 2 is 2.33 bits per heavy atom. The highest BCUT2D eigenvalue weighted by Gasteiger charge is 2.11. The van der Waals surface area contributed by atoms with E-state index in [0.29, 0.717) is 26.4 Å². The third-order valence-corrected chi connectivity index (χ3v) is 2.68. The summed E-state index contributed by atoms with van der Waals surface area (Å²) in [6, 6.07) is 0. The first-order valence-corrected chi connectivity index (χ1v) is 6.75. The lowest BCUT2D eigenvalue weighted by atomic mass is 10.3. The maximum Gasteiger partial charge on any atom is 0.306 e. The van der Waals surface area contributed by atoms with E-state index >= 15 is 0 Å². The molecule has 1 aromatic rings. The van der Waals surface area contributed by atoms with Gasteiger partial charge in [0.2, 0.25) is 0 Å². The van der Waals surface area contributed by atoms with Crippen molar-refractivity contribution in [2.24, 2.45) is 0 Å². The Bertz CT molecular complexity index is 412. The molecule has 0 saturated carbocycles. The van der Waals surface area contributed by atoms with E-state index in [1.165, 1.54) is 10.9 Å². The Morgan fingerprint density at radius 1 is 1.52 bits per heavy atom. The lowest BCUT2D eigenvalue weighted by Crippen LogP contribution is -2.31. The zero-order valence-corrected chi connectivity index (χ0v) is 12.1. The number of hydrogen-bond donors (Lipinski definition) is 2. The number of methoxy groups -OCH3 is 1. The Hall–Kier alpha value is -1.55. The van der Waals surface area contributed by atoms with Crippen molar-refractivity contribution < 1.29 is 19.5 Å². The number of aromatic nitrogens is 2. The van der Waals surface area contributed by atoms with Gasteiger partial charge in [0, 0.05) is 20.3 Å². The van der Waals surface area contributed by atoms with Crippen LogP contribution < -0.4 is 5.32 Å². The minimum atomic E-state index is -0.654. The van der Waals surface area contributed by atoms with Crippen LogP contribution in [0.4, 0.5) is 5.69 Å². The van der Waals surface area contributed by atoms with Crippen LogP contribution in [0.5, 0.6) is 0 Å². The first-order valence-electron chi connectivity index (χ1n) is 6.75. The molecule has 0 saturated heterocycles. The summed E-state index contributed by atoms with van der Waals surface area (Å²) in [4.78, 5) is 9.98. The van der Waals surface area contributed by atoms with Crippen LogP contribution in [0.25, 0.3) is 0 Å². The second-order valence-electron chi connectivity index (χ2n) is 4.49. The van der Waals surface area contributed by atoms with E-state index in [2.05, 4.69) is 10.4 Å². The minimum absolute atomic E-state index is 0.0802. The molecule has 21 heavy (non-hydrogen) atoms. The molecular weight excluding hydrogens is 280 g/mol. The molecule has 9 nitrogen and oxygen atoms in total. The van der Waals surface area contributed by atoms with Crippen LogP contribution >= 0.6 is 0 Å². The standard InChI is InChI=1S/C12H22N4O5/c1-20-5-6-21-4-2-3-13-8-12(17)10-15-9-11(7-14-15)16(18)19/h7,9,12-13,17H,2-6,8,10H2,1H3. The van der Waals surface area contributed by atoms with Crippen LogP contribution in [0.15, 0.2) is 12.4 Å². The molecule has 9 heteroatoms. The Kier molecular flexibility index (Phi) is 8.51. The fourth-order valence-electron chi connectivity index (χ4n) is 1.64. The number of aliphatic hydroxyl groups excluding tert-OH is 1. The predicted octanol–water partition coefficient (Wildman–Crippen LogP) is -0.205. The molecule has 0 spiro atoms. The summed E-state index contributed by atoms with van der Waals surface area (Å²) in [5.74, 6) is 0. The summed E-state index contributed by atoms with van der Waals surface area (Å²) in [5, 5.41) is 27.2. The SMILES string of the molecule is COCCOCCCNCC(O)Cn1cc([N+](=O)[O-])cn1. The van der Waals surface area contributed by atoms with E-state index in [1.54, 1.807) is 7.11 Å². The minimum Gasteiger partial charge on any atom is -0.390 e. The van der Waals surface area contributed by atoms with Gasteiger partial charge in [-0.3, -0.25) is 14.8 Å². The second kappa shape index (κ2) is 10.2. The molecule has 0 fully saturated rings. The Morgan fingerprint density at radius 3 is 3.00 bits per heavy atom. The van der Waals surface area contributed by atoms with Crippen LogP contribution in [-0.2, 0) is 16.0 Å². The summed E-state index contributed by atoms with van der Waals surface area (Å²) in [7, 11) is 1.63. The topological polar surface area (TPSA) is 112 Å². The van der Waals surface area contributed by atoms with Crippen LogP contribution in [0.2, 0.25) is 0 Å². The highest BCUT2D eigenvalue weighted by molar-refractivity contribution is 5.20. The largest absolute Gasteiger partial charge is 0.390 e.